The Kier molecular flexibility index (Phi) is 5.96. The first kappa shape index (κ1) is 15.6. The number of rotatable bonds is 6. The second-order valence-corrected chi connectivity index (χ2v) is 4.76. The van der Waals surface area contributed by atoms with Crippen LogP contribution in [0.25, 0.3) is 0 Å². The van der Waals surface area contributed by atoms with Gasteiger partial charge in [-0.1, -0.05) is 0 Å². The summed E-state index contributed by atoms with van der Waals surface area (Å²) in [5, 5.41) is 0. The Hall–Kier alpha value is -1.42. The minimum absolute atomic E-state index is 0.171. The van der Waals surface area contributed by atoms with Crippen LogP contribution in [0.15, 0.2) is 12.1 Å². The number of benzene rings is 1. The van der Waals surface area contributed by atoms with Crippen molar-refractivity contribution in [3.63, 3.8) is 0 Å². The molecule has 0 amide bonds. The molecule has 0 bridgehead atoms. The van der Waals surface area contributed by atoms with Crippen molar-refractivity contribution in [2.24, 2.45) is 5.73 Å². The molecule has 4 heteroatoms. The highest BCUT2D eigenvalue weighted by atomic mass is 19.1. The van der Waals surface area contributed by atoms with Gasteiger partial charge in [0.25, 0.3) is 0 Å². The van der Waals surface area contributed by atoms with Crippen molar-refractivity contribution >= 4 is 5.97 Å². The highest BCUT2D eigenvalue weighted by molar-refractivity contribution is 5.69. The minimum Gasteiger partial charge on any atom is -0.466 e. The van der Waals surface area contributed by atoms with Gasteiger partial charge >= 0.3 is 5.97 Å². The molecule has 19 heavy (non-hydrogen) atoms. The Morgan fingerprint density at radius 1 is 1.37 bits per heavy atom. The summed E-state index contributed by atoms with van der Waals surface area (Å²) in [7, 11) is 0. The zero-order valence-corrected chi connectivity index (χ0v) is 11.8. The van der Waals surface area contributed by atoms with Gasteiger partial charge in [-0.3, -0.25) is 4.79 Å². The Morgan fingerprint density at radius 2 is 1.95 bits per heavy atom. The molecule has 1 atom stereocenters. The molecule has 0 aliphatic rings. The molecule has 0 aliphatic carbocycles. The normalized spacial score (nSPS) is 12.3. The van der Waals surface area contributed by atoms with E-state index in [4.69, 9.17) is 10.5 Å². The maximum Gasteiger partial charge on any atom is 0.305 e. The van der Waals surface area contributed by atoms with E-state index >= 15 is 0 Å². The number of halogens is 1. The Labute approximate surface area is 113 Å². The van der Waals surface area contributed by atoms with Gasteiger partial charge in [0.05, 0.1) is 6.61 Å². The molecule has 3 nitrogen and oxygen atoms in total. The minimum atomic E-state index is -0.238. The molecular weight excluding hydrogens is 245 g/mol. The van der Waals surface area contributed by atoms with Gasteiger partial charge in [0, 0.05) is 12.5 Å². The zero-order valence-electron chi connectivity index (χ0n) is 11.8. The second-order valence-electron chi connectivity index (χ2n) is 4.76. The van der Waals surface area contributed by atoms with Crippen molar-refractivity contribution in [3.8, 4) is 0 Å². The van der Waals surface area contributed by atoms with Crippen LogP contribution in [0.4, 0.5) is 4.39 Å². The van der Waals surface area contributed by atoms with Crippen molar-refractivity contribution in [2.45, 2.75) is 46.1 Å². The average molecular weight is 267 g/mol. The van der Waals surface area contributed by atoms with E-state index in [-0.39, 0.29) is 17.8 Å². The van der Waals surface area contributed by atoms with Gasteiger partial charge in [-0.25, -0.2) is 4.39 Å². The number of ether oxygens (including phenoxy) is 1. The summed E-state index contributed by atoms with van der Waals surface area (Å²) < 4.78 is 18.1. The third kappa shape index (κ3) is 4.63. The molecule has 0 fully saturated rings. The number of carbonyl (C=O) groups excluding carboxylic acids is 1. The van der Waals surface area contributed by atoms with Crippen molar-refractivity contribution in [1.29, 1.82) is 0 Å². The summed E-state index contributed by atoms with van der Waals surface area (Å²) in [5.74, 6) is -0.431. The van der Waals surface area contributed by atoms with Crippen molar-refractivity contribution in [3.05, 3.63) is 34.6 Å². The quantitative estimate of drug-likeness (QED) is 0.805. The van der Waals surface area contributed by atoms with Gasteiger partial charge in [0.1, 0.15) is 5.82 Å². The number of hydrogen-bond donors (Lipinski definition) is 1. The molecule has 1 rings (SSSR count). The second kappa shape index (κ2) is 7.24. The number of esters is 1. The fourth-order valence-electron chi connectivity index (χ4n) is 2.35. The van der Waals surface area contributed by atoms with Crippen LogP contribution in [0.1, 0.15) is 48.9 Å². The Balaban J connectivity index is 2.59. The summed E-state index contributed by atoms with van der Waals surface area (Å²) in [6, 6.07) is 2.82. The van der Waals surface area contributed by atoms with Gasteiger partial charge in [0.2, 0.25) is 0 Å². The SMILES string of the molecule is CCOC(=O)CCCC(N)c1c(C)cc(F)cc1C. The summed E-state index contributed by atoms with van der Waals surface area (Å²) >= 11 is 0. The molecule has 2 N–H and O–H groups in total. The van der Waals surface area contributed by atoms with Crippen LogP contribution in [0.2, 0.25) is 0 Å². The van der Waals surface area contributed by atoms with Crippen LogP contribution in [-0.4, -0.2) is 12.6 Å². The molecule has 0 spiro atoms. The first-order valence-corrected chi connectivity index (χ1v) is 6.63. The van der Waals surface area contributed by atoms with Gasteiger partial charge in [-0.05, 0) is 62.4 Å². The zero-order chi connectivity index (χ0) is 14.4. The van der Waals surface area contributed by atoms with E-state index in [0.29, 0.717) is 25.9 Å². The molecule has 1 unspecified atom stereocenters. The summed E-state index contributed by atoms with van der Waals surface area (Å²) in [6.45, 7) is 5.91. The van der Waals surface area contributed by atoms with E-state index in [1.54, 1.807) is 6.92 Å². The predicted octanol–water partition coefficient (Wildman–Crippen LogP) is 3.18. The lowest BCUT2D eigenvalue weighted by atomic mass is 9.93. The van der Waals surface area contributed by atoms with Crippen LogP contribution in [0.3, 0.4) is 0 Å². The predicted molar refractivity (Wildman–Crippen MR) is 73.3 cm³/mol. The maximum atomic E-state index is 13.2. The number of hydrogen-bond acceptors (Lipinski definition) is 3. The molecule has 0 aromatic heterocycles. The van der Waals surface area contributed by atoms with Crippen LogP contribution in [0, 0.1) is 19.7 Å². The Morgan fingerprint density at radius 3 is 2.47 bits per heavy atom. The van der Waals surface area contributed by atoms with E-state index in [9.17, 15) is 9.18 Å². The van der Waals surface area contributed by atoms with E-state index < -0.39 is 0 Å². The monoisotopic (exact) mass is 267 g/mol. The van der Waals surface area contributed by atoms with Gasteiger partial charge in [-0.2, -0.15) is 0 Å². The fourth-order valence-corrected chi connectivity index (χ4v) is 2.35. The lowest BCUT2D eigenvalue weighted by Gasteiger charge is -2.17. The molecule has 0 radical (unpaired) electrons. The van der Waals surface area contributed by atoms with E-state index in [1.165, 1.54) is 12.1 Å². The summed E-state index contributed by atoms with van der Waals surface area (Å²) in [5.41, 5.74) is 8.83. The summed E-state index contributed by atoms with van der Waals surface area (Å²) in [6.07, 6.45) is 1.74. The van der Waals surface area contributed by atoms with Crippen LogP contribution in [-0.2, 0) is 9.53 Å². The third-order valence-electron chi connectivity index (χ3n) is 3.13. The Bertz CT molecular complexity index is 423. The first-order chi connectivity index (χ1) is 8.95. The highest BCUT2D eigenvalue weighted by Gasteiger charge is 2.14. The molecule has 106 valence electrons. The lowest BCUT2D eigenvalue weighted by Crippen LogP contribution is -2.14. The van der Waals surface area contributed by atoms with E-state index in [2.05, 4.69) is 0 Å². The fraction of sp³-hybridized carbons (Fsp3) is 0.533. The molecular formula is C15H22FNO2. The topological polar surface area (TPSA) is 52.3 Å². The molecule has 1 aromatic rings. The third-order valence-corrected chi connectivity index (χ3v) is 3.13. The van der Waals surface area contributed by atoms with Crippen molar-refractivity contribution in [1.82, 2.24) is 0 Å². The summed E-state index contributed by atoms with van der Waals surface area (Å²) in [4.78, 5) is 11.2. The van der Waals surface area contributed by atoms with Gasteiger partial charge in [-0.15, -0.1) is 0 Å². The van der Waals surface area contributed by atoms with Crippen LogP contribution < -0.4 is 5.73 Å². The molecule has 1 aromatic carbocycles. The number of nitrogens with two attached hydrogens (primary N) is 1. The van der Waals surface area contributed by atoms with E-state index in [0.717, 1.165) is 16.7 Å². The number of carbonyl (C=O) groups is 1. The van der Waals surface area contributed by atoms with Crippen molar-refractivity contribution in [2.75, 3.05) is 6.61 Å². The van der Waals surface area contributed by atoms with Crippen molar-refractivity contribution < 1.29 is 13.9 Å². The number of aryl methyl sites for hydroxylation is 2. The smallest absolute Gasteiger partial charge is 0.305 e. The van der Waals surface area contributed by atoms with Crippen LogP contribution >= 0.6 is 0 Å². The molecule has 0 saturated carbocycles. The standard InChI is InChI=1S/C15H22FNO2/c1-4-19-14(18)7-5-6-13(17)15-10(2)8-12(16)9-11(15)3/h8-9,13H,4-7,17H2,1-3H3. The molecule has 0 saturated heterocycles. The van der Waals surface area contributed by atoms with Gasteiger partial charge in [0.15, 0.2) is 0 Å². The van der Waals surface area contributed by atoms with E-state index in [1.807, 2.05) is 13.8 Å². The molecule has 0 aliphatic heterocycles. The maximum absolute atomic E-state index is 13.2. The first-order valence-electron chi connectivity index (χ1n) is 6.63. The van der Waals surface area contributed by atoms with Crippen LogP contribution in [0.5, 0.6) is 0 Å². The largest absolute Gasteiger partial charge is 0.466 e. The molecule has 0 heterocycles. The lowest BCUT2D eigenvalue weighted by molar-refractivity contribution is -0.143. The highest BCUT2D eigenvalue weighted by Crippen LogP contribution is 2.25. The average Bonchev–Trinajstić information content (AvgIpc) is 2.27. The van der Waals surface area contributed by atoms with Gasteiger partial charge < -0.3 is 10.5 Å².